The maximum Gasteiger partial charge on any atom is 0.437 e. The highest BCUT2D eigenvalue weighted by Crippen LogP contribution is 2.37. The average Bonchev–Trinajstić information content (AvgIpc) is 3.47. The molecular weight excluding hydrogens is 465 g/mol. The van der Waals surface area contributed by atoms with E-state index >= 15 is 0 Å². The number of nitrogens with two attached hydrogens (primary N) is 1. The molecule has 182 valence electrons. The summed E-state index contributed by atoms with van der Waals surface area (Å²) >= 11 is 0. The van der Waals surface area contributed by atoms with Gasteiger partial charge in [0.25, 0.3) is 0 Å². The van der Waals surface area contributed by atoms with Crippen LogP contribution in [0.4, 0.5) is 24.7 Å². The van der Waals surface area contributed by atoms with Crippen LogP contribution >= 0.6 is 0 Å². The lowest BCUT2D eigenvalue weighted by Crippen LogP contribution is -2.29. The summed E-state index contributed by atoms with van der Waals surface area (Å²) in [6, 6.07) is 4.68. The number of benzene rings is 1. The molecule has 3 heterocycles. The van der Waals surface area contributed by atoms with Gasteiger partial charge in [0, 0.05) is 36.1 Å². The number of hydrogen-bond donors (Lipinski definition) is 3. The molecule has 1 fully saturated rings. The molecule has 5 rings (SSSR count). The molecule has 0 unspecified atom stereocenters. The normalized spacial score (nSPS) is 18.6. The standard InChI is InChI=1S/C23H21F3N6O3/c24-23(25,26)20-16(11-35-31-20)17-10-29-22-21(28-7-8-32(17)22)30-14-5-6-15(18(33)9-14)19(34)12-1-3-13(27)4-2-12/h5-13,33H,1-4,27H2,(H,28,30). The van der Waals surface area contributed by atoms with Gasteiger partial charge in [0.1, 0.15) is 12.0 Å². The van der Waals surface area contributed by atoms with Crippen LogP contribution in [-0.4, -0.2) is 36.5 Å². The second-order valence-electron chi connectivity index (χ2n) is 8.52. The van der Waals surface area contributed by atoms with E-state index in [1.165, 1.54) is 29.1 Å². The van der Waals surface area contributed by atoms with Gasteiger partial charge in [-0.25, -0.2) is 9.97 Å². The molecule has 12 heteroatoms. The number of Topliss-reactive ketones (excluding diaryl/α,β-unsaturated/α-hetero) is 1. The quantitative estimate of drug-likeness (QED) is 0.350. The van der Waals surface area contributed by atoms with Crippen molar-refractivity contribution in [3.05, 3.63) is 54.3 Å². The summed E-state index contributed by atoms with van der Waals surface area (Å²) in [6.45, 7) is 0. The Morgan fingerprint density at radius 1 is 1.20 bits per heavy atom. The SMILES string of the molecule is NC1CCC(C(=O)c2ccc(Nc3nccn4c(-c5conc5C(F)(F)F)cnc34)cc2O)CC1. The van der Waals surface area contributed by atoms with Gasteiger partial charge < -0.3 is 20.7 Å². The van der Waals surface area contributed by atoms with Crippen molar-refractivity contribution in [2.45, 2.75) is 37.9 Å². The molecule has 0 spiro atoms. The predicted molar refractivity (Wildman–Crippen MR) is 119 cm³/mol. The summed E-state index contributed by atoms with van der Waals surface area (Å²) in [7, 11) is 0. The molecule has 0 atom stereocenters. The fourth-order valence-electron chi connectivity index (χ4n) is 4.39. The van der Waals surface area contributed by atoms with E-state index in [2.05, 4.69) is 25.0 Å². The van der Waals surface area contributed by atoms with Gasteiger partial charge in [-0.15, -0.1) is 0 Å². The van der Waals surface area contributed by atoms with E-state index in [1.54, 1.807) is 12.1 Å². The largest absolute Gasteiger partial charge is 0.507 e. The van der Waals surface area contributed by atoms with E-state index in [0.29, 0.717) is 18.5 Å². The molecule has 0 saturated heterocycles. The molecule has 1 aliphatic carbocycles. The lowest BCUT2D eigenvalue weighted by Gasteiger charge is -2.25. The number of aromatic nitrogens is 4. The number of hydrogen-bond acceptors (Lipinski definition) is 8. The first kappa shape index (κ1) is 22.8. The highest BCUT2D eigenvalue weighted by atomic mass is 19.4. The number of carbonyl (C=O) groups excluding carboxylic acids is 1. The highest BCUT2D eigenvalue weighted by Gasteiger charge is 2.38. The van der Waals surface area contributed by atoms with Crippen LogP contribution in [0.1, 0.15) is 41.7 Å². The van der Waals surface area contributed by atoms with Crippen LogP contribution in [0.2, 0.25) is 0 Å². The third kappa shape index (κ3) is 4.32. The lowest BCUT2D eigenvalue weighted by molar-refractivity contribution is -0.142. The number of carbonyl (C=O) groups is 1. The Kier molecular flexibility index (Phi) is 5.67. The number of phenols is 1. The summed E-state index contributed by atoms with van der Waals surface area (Å²) in [5, 5.41) is 16.6. The van der Waals surface area contributed by atoms with Crippen molar-refractivity contribution >= 4 is 22.9 Å². The second kappa shape index (κ2) is 8.69. The van der Waals surface area contributed by atoms with E-state index in [4.69, 9.17) is 5.73 Å². The van der Waals surface area contributed by atoms with Gasteiger partial charge in [-0.05, 0) is 37.8 Å². The topological polar surface area (TPSA) is 132 Å². The zero-order valence-electron chi connectivity index (χ0n) is 18.3. The number of aromatic hydroxyl groups is 1. The molecule has 9 nitrogen and oxygen atoms in total. The van der Waals surface area contributed by atoms with Crippen LogP contribution in [0.15, 0.2) is 47.6 Å². The maximum atomic E-state index is 13.3. The molecule has 35 heavy (non-hydrogen) atoms. The lowest BCUT2D eigenvalue weighted by atomic mass is 9.81. The average molecular weight is 486 g/mol. The molecule has 1 saturated carbocycles. The molecule has 0 bridgehead atoms. The van der Waals surface area contributed by atoms with E-state index in [0.717, 1.165) is 19.1 Å². The van der Waals surface area contributed by atoms with Gasteiger partial charge in [-0.3, -0.25) is 9.20 Å². The Morgan fingerprint density at radius 2 is 1.97 bits per heavy atom. The van der Waals surface area contributed by atoms with Gasteiger partial charge >= 0.3 is 6.18 Å². The smallest absolute Gasteiger partial charge is 0.437 e. The van der Waals surface area contributed by atoms with Crippen molar-refractivity contribution in [1.82, 2.24) is 19.5 Å². The van der Waals surface area contributed by atoms with Crippen LogP contribution in [0.25, 0.3) is 16.9 Å². The number of rotatable bonds is 5. The Morgan fingerprint density at radius 3 is 2.69 bits per heavy atom. The van der Waals surface area contributed by atoms with Gasteiger partial charge in [-0.2, -0.15) is 13.2 Å². The minimum absolute atomic E-state index is 0.113. The molecule has 4 aromatic rings. The van der Waals surface area contributed by atoms with Gasteiger partial charge in [0.05, 0.1) is 23.0 Å². The van der Waals surface area contributed by atoms with Crippen LogP contribution in [0.3, 0.4) is 0 Å². The number of fused-ring (bicyclic) bond motifs is 1. The molecule has 1 aliphatic rings. The number of alkyl halides is 3. The van der Waals surface area contributed by atoms with Crippen molar-refractivity contribution in [3.8, 4) is 17.0 Å². The van der Waals surface area contributed by atoms with Gasteiger partial charge in [0.15, 0.2) is 22.9 Å². The van der Waals surface area contributed by atoms with E-state index in [9.17, 15) is 23.1 Å². The monoisotopic (exact) mass is 486 g/mol. The van der Waals surface area contributed by atoms with Crippen molar-refractivity contribution < 1.29 is 27.6 Å². The fourth-order valence-corrected chi connectivity index (χ4v) is 4.39. The van der Waals surface area contributed by atoms with Crippen molar-refractivity contribution in [3.63, 3.8) is 0 Å². The Labute approximate surface area is 196 Å². The second-order valence-corrected chi connectivity index (χ2v) is 8.52. The minimum Gasteiger partial charge on any atom is -0.507 e. The Hall–Kier alpha value is -3.93. The van der Waals surface area contributed by atoms with Gasteiger partial charge in [-0.1, -0.05) is 5.16 Å². The highest BCUT2D eigenvalue weighted by molar-refractivity contribution is 6.00. The Balaban J connectivity index is 1.41. The van der Waals surface area contributed by atoms with E-state index in [1.807, 2.05) is 0 Å². The predicted octanol–water partition coefficient (Wildman–Crippen LogP) is 4.55. The van der Waals surface area contributed by atoms with Crippen molar-refractivity contribution in [2.24, 2.45) is 11.7 Å². The summed E-state index contributed by atoms with van der Waals surface area (Å²) in [5.41, 5.74) is 5.53. The molecule has 0 radical (unpaired) electrons. The Bertz CT molecular complexity index is 1390. The van der Waals surface area contributed by atoms with Crippen molar-refractivity contribution in [1.29, 1.82) is 0 Å². The first-order valence-electron chi connectivity index (χ1n) is 11.0. The third-order valence-corrected chi connectivity index (χ3v) is 6.21. The summed E-state index contributed by atoms with van der Waals surface area (Å²) in [6.07, 6.45) is 3.27. The first-order chi connectivity index (χ1) is 16.7. The number of nitrogens with one attached hydrogen (secondary N) is 1. The summed E-state index contributed by atoms with van der Waals surface area (Å²) in [5.74, 6) is -0.223. The van der Waals surface area contributed by atoms with E-state index < -0.39 is 11.9 Å². The van der Waals surface area contributed by atoms with Crippen LogP contribution in [0.5, 0.6) is 5.75 Å². The molecular formula is C23H21F3N6O3. The zero-order valence-corrected chi connectivity index (χ0v) is 18.3. The molecule has 3 aromatic heterocycles. The minimum atomic E-state index is -4.69. The van der Waals surface area contributed by atoms with E-state index in [-0.39, 0.29) is 51.8 Å². The van der Waals surface area contributed by atoms with Crippen LogP contribution in [-0.2, 0) is 6.18 Å². The van der Waals surface area contributed by atoms with Crippen LogP contribution < -0.4 is 11.1 Å². The fraction of sp³-hybridized carbons (Fsp3) is 0.304. The number of nitrogens with zero attached hydrogens (tertiary/aromatic N) is 4. The zero-order chi connectivity index (χ0) is 24.7. The number of halogens is 3. The van der Waals surface area contributed by atoms with Crippen molar-refractivity contribution in [2.75, 3.05) is 5.32 Å². The molecule has 4 N–H and O–H groups in total. The molecule has 0 amide bonds. The number of phenolic OH excluding ortho intramolecular Hbond substituents is 1. The molecule has 1 aromatic carbocycles. The maximum absolute atomic E-state index is 13.3. The third-order valence-electron chi connectivity index (χ3n) is 6.21. The number of imidazole rings is 1. The summed E-state index contributed by atoms with van der Waals surface area (Å²) < 4.78 is 45.8. The number of ketones is 1. The summed E-state index contributed by atoms with van der Waals surface area (Å²) in [4.78, 5) is 21.3. The first-order valence-corrected chi connectivity index (χ1v) is 11.0. The van der Waals surface area contributed by atoms with Gasteiger partial charge in [0.2, 0.25) is 0 Å². The van der Waals surface area contributed by atoms with Crippen LogP contribution in [0, 0.1) is 5.92 Å². The number of anilines is 2. The molecule has 0 aliphatic heterocycles.